The third kappa shape index (κ3) is 5.75. The second-order valence-electron chi connectivity index (χ2n) is 8.36. The van der Waals surface area contributed by atoms with E-state index in [-0.39, 0.29) is 6.61 Å². The van der Waals surface area contributed by atoms with Crippen LogP contribution in [-0.2, 0) is 4.79 Å². The van der Waals surface area contributed by atoms with Crippen molar-refractivity contribution in [3.05, 3.63) is 83.9 Å². The van der Waals surface area contributed by atoms with Gasteiger partial charge in [-0.15, -0.1) is 0 Å². The molecule has 5 nitrogen and oxygen atoms in total. The van der Waals surface area contributed by atoms with Crippen LogP contribution in [0.5, 0.6) is 5.75 Å². The number of hydrogen-bond acceptors (Lipinski definition) is 4. The highest BCUT2D eigenvalue weighted by Gasteiger charge is 2.22. The molecule has 0 aliphatic carbocycles. The average Bonchev–Trinajstić information content (AvgIpc) is 2.82. The zero-order valence-corrected chi connectivity index (χ0v) is 18.1. The highest BCUT2D eigenvalue weighted by molar-refractivity contribution is 5.86. The fraction of sp³-hybridized carbons (Fsp3) is 0.296. The van der Waals surface area contributed by atoms with Gasteiger partial charge in [-0.05, 0) is 60.3 Å². The lowest BCUT2D eigenvalue weighted by molar-refractivity contribution is -0.131. The average molecular weight is 432 g/mol. The molecule has 0 radical (unpaired) electrons. The summed E-state index contributed by atoms with van der Waals surface area (Å²) in [7, 11) is 0. The van der Waals surface area contributed by atoms with Crippen molar-refractivity contribution in [3.8, 4) is 5.75 Å². The number of aliphatic hydroxyl groups excluding tert-OH is 1. The number of aliphatic carboxylic acids is 1. The zero-order valence-electron chi connectivity index (χ0n) is 18.1. The van der Waals surface area contributed by atoms with Gasteiger partial charge in [0.15, 0.2) is 0 Å². The molecule has 5 heteroatoms. The van der Waals surface area contributed by atoms with Crippen LogP contribution >= 0.6 is 0 Å². The highest BCUT2D eigenvalue weighted by Crippen LogP contribution is 2.30. The van der Waals surface area contributed by atoms with Gasteiger partial charge in [-0.3, -0.25) is 0 Å². The number of benzene rings is 3. The number of aliphatic hydroxyl groups is 1. The van der Waals surface area contributed by atoms with Gasteiger partial charge in [0.1, 0.15) is 18.5 Å². The van der Waals surface area contributed by atoms with Gasteiger partial charge in [-0.25, -0.2) is 4.79 Å². The van der Waals surface area contributed by atoms with Crippen LogP contribution in [0, 0.1) is 0 Å². The summed E-state index contributed by atoms with van der Waals surface area (Å²) < 4.78 is 5.78. The molecule has 4 rings (SSSR count). The number of piperidine rings is 1. The Bertz CT molecular complexity index is 1090. The number of β-amino-alcohol motifs (C(OH)–C–C–N with tert-alkyl or cyclic N) is 1. The van der Waals surface area contributed by atoms with Crippen LogP contribution in [0.15, 0.2) is 72.8 Å². The molecule has 32 heavy (non-hydrogen) atoms. The number of hydrogen-bond donors (Lipinski definition) is 2. The topological polar surface area (TPSA) is 70.0 Å². The summed E-state index contributed by atoms with van der Waals surface area (Å²) in [6, 6.07) is 22.5. The first kappa shape index (κ1) is 22.1. The summed E-state index contributed by atoms with van der Waals surface area (Å²) in [6.45, 7) is 2.64. The Kier molecular flexibility index (Phi) is 7.20. The van der Waals surface area contributed by atoms with Crippen LogP contribution in [0.3, 0.4) is 0 Å². The van der Waals surface area contributed by atoms with Crippen molar-refractivity contribution in [2.24, 2.45) is 0 Å². The maximum atomic E-state index is 10.8. The molecule has 0 bridgehead atoms. The van der Waals surface area contributed by atoms with Gasteiger partial charge in [-0.2, -0.15) is 0 Å². The smallest absolute Gasteiger partial charge is 0.328 e. The fourth-order valence-electron chi connectivity index (χ4n) is 4.36. The van der Waals surface area contributed by atoms with E-state index in [0.717, 1.165) is 32.0 Å². The van der Waals surface area contributed by atoms with Gasteiger partial charge < -0.3 is 19.8 Å². The van der Waals surface area contributed by atoms with Crippen molar-refractivity contribution in [1.82, 2.24) is 4.90 Å². The molecule has 1 aliphatic rings. The molecule has 1 fully saturated rings. The molecule has 0 amide bonds. The fourth-order valence-corrected chi connectivity index (χ4v) is 4.36. The second kappa shape index (κ2) is 10.4. The Balaban J connectivity index is 1.27. The van der Waals surface area contributed by atoms with Gasteiger partial charge in [0.25, 0.3) is 0 Å². The molecule has 2 N–H and O–H groups in total. The molecule has 3 aromatic carbocycles. The summed E-state index contributed by atoms with van der Waals surface area (Å²) in [5, 5.41) is 21.9. The summed E-state index contributed by atoms with van der Waals surface area (Å²) >= 11 is 0. The first-order valence-corrected chi connectivity index (χ1v) is 11.1. The number of fused-ring (bicyclic) bond motifs is 1. The van der Waals surface area contributed by atoms with E-state index in [4.69, 9.17) is 9.84 Å². The lowest BCUT2D eigenvalue weighted by Crippen LogP contribution is -2.40. The molecule has 0 spiro atoms. The van der Waals surface area contributed by atoms with E-state index in [9.17, 15) is 9.90 Å². The van der Waals surface area contributed by atoms with Gasteiger partial charge in [0.05, 0.1) is 0 Å². The summed E-state index contributed by atoms with van der Waals surface area (Å²) in [6.07, 6.45) is 4.13. The number of carbonyl (C=O) groups is 1. The predicted octanol–water partition coefficient (Wildman–Crippen LogP) is 4.56. The minimum atomic E-state index is -1.01. The van der Waals surface area contributed by atoms with Crippen molar-refractivity contribution >= 4 is 22.8 Å². The van der Waals surface area contributed by atoms with Crippen LogP contribution in [0.2, 0.25) is 0 Å². The van der Waals surface area contributed by atoms with E-state index in [0.29, 0.717) is 23.8 Å². The van der Waals surface area contributed by atoms with E-state index in [1.54, 1.807) is 12.1 Å². The van der Waals surface area contributed by atoms with Gasteiger partial charge >= 0.3 is 5.97 Å². The third-order valence-electron chi connectivity index (χ3n) is 6.06. The lowest BCUT2D eigenvalue weighted by Gasteiger charge is -2.33. The third-order valence-corrected chi connectivity index (χ3v) is 6.06. The lowest BCUT2D eigenvalue weighted by atomic mass is 9.88. The molecule has 1 aliphatic heterocycles. The monoisotopic (exact) mass is 431 g/mol. The SMILES string of the molecule is O=C(O)C=Cc1ccccc1OCC(O)CN1CCC(c2ccc3ccccc3c2)CC1. The molecular weight excluding hydrogens is 402 g/mol. The van der Waals surface area contributed by atoms with E-state index < -0.39 is 12.1 Å². The molecule has 0 aromatic heterocycles. The largest absolute Gasteiger partial charge is 0.490 e. The molecule has 0 saturated carbocycles. The molecule has 1 unspecified atom stereocenters. The summed E-state index contributed by atoms with van der Waals surface area (Å²) in [4.78, 5) is 13.1. The summed E-state index contributed by atoms with van der Waals surface area (Å²) in [5.41, 5.74) is 2.08. The molecular formula is C27H29NO4. The molecule has 1 heterocycles. The Hall–Kier alpha value is -3.15. The van der Waals surface area contributed by atoms with Crippen molar-refractivity contribution < 1.29 is 19.7 Å². The molecule has 166 valence electrons. The van der Waals surface area contributed by atoms with Crippen molar-refractivity contribution in [3.63, 3.8) is 0 Å². The Labute approximate surface area is 188 Å². The van der Waals surface area contributed by atoms with Crippen LogP contribution in [0.25, 0.3) is 16.8 Å². The Morgan fingerprint density at radius 1 is 1.03 bits per heavy atom. The minimum Gasteiger partial charge on any atom is -0.490 e. The van der Waals surface area contributed by atoms with E-state index in [1.807, 2.05) is 12.1 Å². The van der Waals surface area contributed by atoms with Crippen LogP contribution in [-0.4, -0.2) is 53.4 Å². The zero-order chi connectivity index (χ0) is 22.3. The predicted molar refractivity (Wildman–Crippen MR) is 127 cm³/mol. The van der Waals surface area contributed by atoms with Gasteiger partial charge in [0.2, 0.25) is 0 Å². The number of rotatable bonds is 8. The van der Waals surface area contributed by atoms with E-state index >= 15 is 0 Å². The number of carboxylic acids is 1. The standard InChI is InChI=1S/C27H29NO4/c29-25(19-32-26-8-4-3-6-22(26)11-12-27(30)31)18-28-15-13-21(14-16-28)24-10-9-20-5-1-2-7-23(20)17-24/h1-12,17,21,25,29H,13-16,18-19H2,(H,30,31). The first-order valence-electron chi connectivity index (χ1n) is 11.1. The van der Waals surface area contributed by atoms with Crippen LogP contribution in [0.1, 0.15) is 29.9 Å². The van der Waals surface area contributed by atoms with Crippen molar-refractivity contribution in [2.75, 3.05) is 26.2 Å². The normalized spacial score (nSPS) is 16.4. The van der Waals surface area contributed by atoms with Crippen LogP contribution < -0.4 is 4.74 Å². The highest BCUT2D eigenvalue weighted by atomic mass is 16.5. The number of nitrogens with zero attached hydrogens (tertiary/aromatic N) is 1. The van der Waals surface area contributed by atoms with E-state index in [2.05, 4.69) is 47.4 Å². The van der Waals surface area contributed by atoms with Gasteiger partial charge in [-0.1, -0.05) is 60.7 Å². The maximum Gasteiger partial charge on any atom is 0.328 e. The molecule has 1 atom stereocenters. The summed E-state index contributed by atoms with van der Waals surface area (Å²) in [5.74, 6) is 0.114. The second-order valence-corrected chi connectivity index (χ2v) is 8.36. The van der Waals surface area contributed by atoms with Crippen LogP contribution in [0.4, 0.5) is 0 Å². The number of carboxylic acid groups (broad SMARTS) is 1. The first-order chi connectivity index (χ1) is 15.6. The van der Waals surface area contributed by atoms with Crippen molar-refractivity contribution in [1.29, 1.82) is 0 Å². The minimum absolute atomic E-state index is 0.169. The number of para-hydroxylation sites is 1. The molecule has 3 aromatic rings. The Morgan fingerprint density at radius 2 is 1.75 bits per heavy atom. The van der Waals surface area contributed by atoms with Crippen molar-refractivity contribution in [2.45, 2.75) is 24.9 Å². The maximum absolute atomic E-state index is 10.8. The van der Waals surface area contributed by atoms with Gasteiger partial charge in [0, 0.05) is 18.2 Å². The quantitative estimate of drug-likeness (QED) is 0.512. The van der Waals surface area contributed by atoms with E-state index in [1.165, 1.54) is 22.4 Å². The Morgan fingerprint density at radius 3 is 2.53 bits per heavy atom. The number of likely N-dealkylation sites (tertiary alicyclic amines) is 1. The molecule has 1 saturated heterocycles. The number of ether oxygens (including phenoxy) is 1.